The minimum Gasteiger partial charge on any atom is -0.341 e. The van der Waals surface area contributed by atoms with E-state index in [-0.39, 0.29) is 0 Å². The van der Waals surface area contributed by atoms with Crippen molar-refractivity contribution in [2.24, 2.45) is 11.8 Å². The molecule has 0 aromatic heterocycles. The molecule has 4 heteroatoms. The second-order valence-electron chi connectivity index (χ2n) is 5.64. The van der Waals surface area contributed by atoms with Gasteiger partial charge in [-0.25, -0.2) is 4.79 Å². The Morgan fingerprint density at radius 2 is 1.32 bits per heavy atom. The van der Waals surface area contributed by atoms with Gasteiger partial charge < -0.3 is 5.32 Å². The third-order valence-corrected chi connectivity index (χ3v) is 4.38. The van der Waals surface area contributed by atoms with Crippen molar-refractivity contribution in [1.82, 2.24) is 10.6 Å². The lowest BCUT2D eigenvalue weighted by Gasteiger charge is -2.32. The van der Waals surface area contributed by atoms with Crippen molar-refractivity contribution in [3.63, 3.8) is 0 Å². The SMILES string of the molecule is C1CCC(C2CCCCC2)CC1.CNC(=O)NC=O. The summed E-state index contributed by atoms with van der Waals surface area (Å²) in [5, 5.41) is 4.05. The number of nitrogens with one attached hydrogen (secondary N) is 2. The number of amides is 3. The van der Waals surface area contributed by atoms with E-state index in [1.807, 2.05) is 5.32 Å². The molecule has 2 rings (SSSR count). The first-order valence-electron chi connectivity index (χ1n) is 7.69. The fraction of sp³-hybridized carbons (Fsp3) is 0.867. The first-order valence-corrected chi connectivity index (χ1v) is 7.69. The molecule has 2 aliphatic rings. The van der Waals surface area contributed by atoms with Crippen LogP contribution in [0.2, 0.25) is 0 Å². The topological polar surface area (TPSA) is 58.2 Å². The van der Waals surface area contributed by atoms with E-state index >= 15 is 0 Å². The van der Waals surface area contributed by atoms with Crippen LogP contribution in [0.15, 0.2) is 0 Å². The van der Waals surface area contributed by atoms with Gasteiger partial charge in [0.25, 0.3) is 0 Å². The van der Waals surface area contributed by atoms with Crippen molar-refractivity contribution in [3.05, 3.63) is 0 Å². The van der Waals surface area contributed by atoms with Gasteiger partial charge in [0.2, 0.25) is 6.41 Å². The molecular formula is C15H28N2O2. The molecule has 19 heavy (non-hydrogen) atoms. The first kappa shape index (κ1) is 16.0. The monoisotopic (exact) mass is 268 g/mol. The molecule has 3 amide bonds. The molecule has 0 bridgehead atoms. The van der Waals surface area contributed by atoms with Gasteiger partial charge in [0.1, 0.15) is 0 Å². The van der Waals surface area contributed by atoms with Crippen LogP contribution in [0, 0.1) is 11.8 Å². The summed E-state index contributed by atoms with van der Waals surface area (Å²) in [6.07, 6.45) is 15.7. The maximum Gasteiger partial charge on any atom is 0.320 e. The van der Waals surface area contributed by atoms with Gasteiger partial charge in [-0.1, -0.05) is 64.2 Å². The summed E-state index contributed by atoms with van der Waals surface area (Å²) >= 11 is 0. The van der Waals surface area contributed by atoms with Crippen molar-refractivity contribution < 1.29 is 9.59 Å². The molecule has 0 atom stereocenters. The molecule has 0 aromatic rings. The number of hydrogen-bond donors (Lipinski definition) is 2. The Labute approximate surface area is 116 Å². The van der Waals surface area contributed by atoms with Gasteiger partial charge in [0.05, 0.1) is 0 Å². The Hall–Kier alpha value is -1.06. The average molecular weight is 268 g/mol. The highest BCUT2D eigenvalue weighted by Crippen LogP contribution is 2.37. The van der Waals surface area contributed by atoms with Crippen LogP contribution >= 0.6 is 0 Å². The number of hydrogen-bond acceptors (Lipinski definition) is 2. The summed E-state index contributed by atoms with van der Waals surface area (Å²) in [7, 11) is 1.43. The van der Waals surface area contributed by atoms with Gasteiger partial charge in [-0.05, 0) is 11.8 Å². The molecule has 0 aromatic carbocycles. The van der Waals surface area contributed by atoms with E-state index < -0.39 is 6.03 Å². The van der Waals surface area contributed by atoms with Crippen LogP contribution in [-0.4, -0.2) is 19.5 Å². The van der Waals surface area contributed by atoms with Crippen LogP contribution in [0.3, 0.4) is 0 Å². The molecule has 0 spiro atoms. The lowest BCUT2D eigenvalue weighted by Crippen LogP contribution is -2.31. The molecule has 110 valence electrons. The summed E-state index contributed by atoms with van der Waals surface area (Å²) in [5.41, 5.74) is 0. The molecule has 4 nitrogen and oxygen atoms in total. The van der Waals surface area contributed by atoms with Crippen molar-refractivity contribution in [2.75, 3.05) is 7.05 Å². The van der Waals surface area contributed by atoms with Crippen LogP contribution in [0.4, 0.5) is 4.79 Å². The van der Waals surface area contributed by atoms with Crippen molar-refractivity contribution in [1.29, 1.82) is 0 Å². The van der Waals surface area contributed by atoms with Gasteiger partial charge in [-0.2, -0.15) is 0 Å². The second kappa shape index (κ2) is 9.82. The zero-order chi connectivity index (χ0) is 13.9. The van der Waals surface area contributed by atoms with E-state index in [4.69, 9.17) is 0 Å². The Kier molecular flexibility index (Phi) is 8.26. The fourth-order valence-corrected chi connectivity index (χ4v) is 3.34. The highest BCUT2D eigenvalue weighted by molar-refractivity contribution is 5.83. The lowest BCUT2D eigenvalue weighted by molar-refractivity contribution is -0.108. The lowest BCUT2D eigenvalue weighted by atomic mass is 9.73. The van der Waals surface area contributed by atoms with Gasteiger partial charge in [0.15, 0.2) is 0 Å². The van der Waals surface area contributed by atoms with Crippen molar-refractivity contribution in [2.45, 2.75) is 64.2 Å². The van der Waals surface area contributed by atoms with Crippen LogP contribution < -0.4 is 10.6 Å². The quantitative estimate of drug-likeness (QED) is 0.755. The smallest absolute Gasteiger partial charge is 0.320 e. The number of carbonyl (C=O) groups is 2. The van der Waals surface area contributed by atoms with E-state index in [9.17, 15) is 9.59 Å². The minimum absolute atomic E-state index is 0.318. The highest BCUT2D eigenvalue weighted by atomic mass is 16.2. The standard InChI is InChI=1S/C12H22.C3H6N2O2/c1-3-7-11(8-4-1)12-9-5-2-6-10-12;1-4-3(7)5-2-6/h11-12H,1-10H2;2H,1H3,(H2,4,5,6,7). The first-order chi connectivity index (χ1) is 9.27. The number of imide groups is 1. The van der Waals surface area contributed by atoms with Crippen LogP contribution in [0.5, 0.6) is 0 Å². The minimum atomic E-state index is -0.491. The van der Waals surface area contributed by atoms with Crippen LogP contribution in [0.1, 0.15) is 64.2 Å². The molecule has 0 aliphatic heterocycles. The molecule has 2 aliphatic carbocycles. The summed E-state index contributed by atoms with van der Waals surface area (Å²) in [5.74, 6) is 2.28. The van der Waals surface area contributed by atoms with E-state index in [0.717, 1.165) is 11.8 Å². The molecule has 2 fully saturated rings. The Balaban J connectivity index is 0.000000224. The van der Waals surface area contributed by atoms with E-state index in [0.29, 0.717) is 6.41 Å². The van der Waals surface area contributed by atoms with Gasteiger partial charge >= 0.3 is 6.03 Å². The zero-order valence-corrected chi connectivity index (χ0v) is 12.1. The Morgan fingerprint density at radius 1 is 0.895 bits per heavy atom. The maximum atomic E-state index is 9.96. The van der Waals surface area contributed by atoms with Crippen molar-refractivity contribution in [3.8, 4) is 0 Å². The molecule has 0 saturated heterocycles. The average Bonchev–Trinajstić information content (AvgIpc) is 2.50. The molecule has 0 radical (unpaired) electrons. The van der Waals surface area contributed by atoms with Gasteiger partial charge in [0, 0.05) is 7.05 Å². The molecular weight excluding hydrogens is 240 g/mol. The third kappa shape index (κ3) is 6.60. The van der Waals surface area contributed by atoms with E-state index in [1.165, 1.54) is 45.6 Å². The fourth-order valence-electron chi connectivity index (χ4n) is 3.34. The predicted molar refractivity (Wildman–Crippen MR) is 76.8 cm³/mol. The molecule has 2 saturated carbocycles. The summed E-state index contributed by atoms with van der Waals surface area (Å²) in [4.78, 5) is 19.4. The van der Waals surface area contributed by atoms with Crippen LogP contribution in [-0.2, 0) is 4.79 Å². The Bertz CT molecular complexity index is 241. The highest BCUT2D eigenvalue weighted by Gasteiger charge is 2.24. The normalized spacial score (nSPS) is 20.9. The summed E-state index contributed by atoms with van der Waals surface area (Å²) < 4.78 is 0. The number of carbonyl (C=O) groups excluding carboxylic acids is 2. The third-order valence-electron chi connectivity index (χ3n) is 4.38. The predicted octanol–water partition coefficient (Wildman–Crippen LogP) is 3.22. The Morgan fingerprint density at radius 3 is 1.58 bits per heavy atom. The summed E-state index contributed by atoms with van der Waals surface area (Å²) in [6.45, 7) is 0. The van der Waals surface area contributed by atoms with Crippen molar-refractivity contribution >= 4 is 12.4 Å². The van der Waals surface area contributed by atoms with Gasteiger partial charge in [-0.3, -0.25) is 10.1 Å². The van der Waals surface area contributed by atoms with E-state index in [1.54, 1.807) is 25.7 Å². The zero-order valence-electron chi connectivity index (χ0n) is 12.1. The number of urea groups is 1. The van der Waals surface area contributed by atoms with Crippen LogP contribution in [0.25, 0.3) is 0 Å². The summed E-state index contributed by atoms with van der Waals surface area (Å²) in [6, 6.07) is -0.491. The molecule has 0 unspecified atom stereocenters. The second-order valence-corrected chi connectivity index (χ2v) is 5.64. The maximum absolute atomic E-state index is 9.96. The number of rotatable bonds is 2. The molecule has 2 N–H and O–H groups in total. The molecule has 0 heterocycles. The van der Waals surface area contributed by atoms with E-state index in [2.05, 4.69) is 5.32 Å². The largest absolute Gasteiger partial charge is 0.341 e. The van der Waals surface area contributed by atoms with Gasteiger partial charge in [-0.15, -0.1) is 0 Å².